The molecule has 2 N–H and O–H groups in total. The van der Waals surface area contributed by atoms with Crippen molar-refractivity contribution in [3.05, 3.63) is 52.5 Å². The van der Waals surface area contributed by atoms with E-state index in [9.17, 15) is 14.7 Å². The fourth-order valence-corrected chi connectivity index (χ4v) is 7.58. The molecule has 0 spiro atoms. The number of carbonyl (C=O) groups is 2. The number of hydrogen-bond donors (Lipinski definition) is 2. The molecule has 2 heterocycles. The van der Waals surface area contributed by atoms with Gasteiger partial charge in [-0.05, 0) is 75.7 Å². The summed E-state index contributed by atoms with van der Waals surface area (Å²) in [6.07, 6.45) is 5.76. The highest BCUT2D eigenvalue weighted by Gasteiger charge is 2.44. The minimum atomic E-state index is -0.835. The number of nitrogens with zero attached hydrogens (tertiary/aromatic N) is 4. The zero-order valence-corrected chi connectivity index (χ0v) is 23.2. The first-order valence-corrected chi connectivity index (χ1v) is 14.6. The van der Waals surface area contributed by atoms with E-state index in [2.05, 4.69) is 60.8 Å². The van der Waals surface area contributed by atoms with Crippen LogP contribution in [0.4, 0.5) is 0 Å². The van der Waals surface area contributed by atoms with Gasteiger partial charge in [0.05, 0.1) is 10.3 Å². The van der Waals surface area contributed by atoms with Crippen LogP contribution in [0.1, 0.15) is 50.5 Å². The summed E-state index contributed by atoms with van der Waals surface area (Å²) in [6.45, 7) is 0.690. The Bertz CT molecular complexity index is 1490. The van der Waals surface area contributed by atoms with Crippen molar-refractivity contribution in [3.63, 3.8) is 0 Å². The second-order valence-corrected chi connectivity index (χ2v) is 12.4. The number of aliphatic carboxylic acids is 1. The Kier molecular flexibility index (Phi) is 6.77. The number of nitrogens with one attached hydrogen (secondary N) is 1. The molecule has 8 nitrogen and oxygen atoms in total. The van der Waals surface area contributed by atoms with E-state index >= 15 is 0 Å². The van der Waals surface area contributed by atoms with Gasteiger partial charge in [-0.25, -0.2) is 5.10 Å². The minimum absolute atomic E-state index is 0.0692. The standard InChI is InChI=1S/C28H28BrN5O3S/c29-24-21-13-18(15-34(23(35)14-17-7-8-17)16-28(27(36)37)11-3-4-12-28)9-10-22(21)38-25(24)19-5-1-2-6-20(19)26-30-32-33-31-26/h1-2,5-6,9-10,13,17H,3-4,7-8,11-12,14-16H2,(H,36,37)(H,30,31,32,33). The van der Waals surface area contributed by atoms with E-state index in [-0.39, 0.29) is 12.5 Å². The number of fused-ring (bicyclic) bond motifs is 1. The molecule has 2 aromatic heterocycles. The van der Waals surface area contributed by atoms with Crippen molar-refractivity contribution in [3.8, 4) is 21.8 Å². The Hall–Kier alpha value is -3.11. The molecule has 2 aliphatic rings. The maximum atomic E-state index is 13.3. The van der Waals surface area contributed by atoms with Crippen molar-refractivity contribution >= 4 is 49.2 Å². The summed E-state index contributed by atoms with van der Waals surface area (Å²) in [6, 6.07) is 14.3. The summed E-state index contributed by atoms with van der Waals surface area (Å²) < 4.78 is 2.10. The molecule has 196 valence electrons. The van der Waals surface area contributed by atoms with Gasteiger partial charge in [-0.3, -0.25) is 9.59 Å². The summed E-state index contributed by atoms with van der Waals surface area (Å²) >= 11 is 5.53. The van der Waals surface area contributed by atoms with E-state index in [1.54, 1.807) is 11.3 Å². The SMILES string of the molecule is O=C(CC1CC1)N(Cc1ccc2sc(-c3ccccc3-c3nnn[nH]3)c(Br)c2c1)CC1(C(=O)O)CCCC1. The number of carbonyl (C=O) groups excluding carboxylic acids is 1. The van der Waals surface area contributed by atoms with Gasteiger partial charge in [0.25, 0.3) is 0 Å². The highest BCUT2D eigenvalue weighted by molar-refractivity contribution is 9.10. The topological polar surface area (TPSA) is 112 Å². The van der Waals surface area contributed by atoms with Crippen LogP contribution in [0.15, 0.2) is 46.9 Å². The van der Waals surface area contributed by atoms with Crippen molar-refractivity contribution in [2.75, 3.05) is 6.54 Å². The average Bonchev–Trinajstić information content (AvgIpc) is 3.28. The second-order valence-electron chi connectivity index (χ2n) is 10.6. The highest BCUT2D eigenvalue weighted by Crippen LogP contribution is 2.45. The first-order chi connectivity index (χ1) is 18.4. The van der Waals surface area contributed by atoms with Gasteiger partial charge in [0.1, 0.15) is 0 Å². The molecule has 6 rings (SSSR count). The third-order valence-corrected chi connectivity index (χ3v) is 10.1. The molecule has 38 heavy (non-hydrogen) atoms. The van der Waals surface area contributed by atoms with Gasteiger partial charge in [-0.15, -0.1) is 16.4 Å². The van der Waals surface area contributed by atoms with E-state index in [1.807, 2.05) is 23.1 Å². The van der Waals surface area contributed by atoms with Crippen LogP contribution < -0.4 is 0 Å². The summed E-state index contributed by atoms with van der Waals surface area (Å²) in [7, 11) is 0. The van der Waals surface area contributed by atoms with E-state index in [0.29, 0.717) is 37.5 Å². The Labute approximate surface area is 232 Å². The molecule has 0 bridgehead atoms. The van der Waals surface area contributed by atoms with Gasteiger partial charge in [0.15, 0.2) is 5.82 Å². The zero-order chi connectivity index (χ0) is 26.3. The lowest BCUT2D eigenvalue weighted by molar-refractivity contribution is -0.151. The predicted octanol–water partition coefficient (Wildman–Crippen LogP) is 6.28. The average molecular weight is 595 g/mol. The van der Waals surface area contributed by atoms with Gasteiger partial charge in [-0.2, -0.15) is 0 Å². The van der Waals surface area contributed by atoms with Crippen LogP contribution in [0.3, 0.4) is 0 Å². The lowest BCUT2D eigenvalue weighted by Gasteiger charge is -2.32. The molecule has 10 heteroatoms. The van der Waals surface area contributed by atoms with Crippen molar-refractivity contribution < 1.29 is 14.7 Å². The number of aromatic nitrogens is 4. The number of benzene rings is 2. The number of tetrazole rings is 1. The van der Waals surface area contributed by atoms with E-state index in [1.165, 1.54) is 0 Å². The lowest BCUT2D eigenvalue weighted by Crippen LogP contribution is -2.44. The molecule has 2 fully saturated rings. The quantitative estimate of drug-likeness (QED) is 0.236. The predicted molar refractivity (Wildman–Crippen MR) is 149 cm³/mol. The van der Waals surface area contributed by atoms with Crippen LogP contribution in [-0.4, -0.2) is 49.1 Å². The Morgan fingerprint density at radius 3 is 2.58 bits per heavy atom. The maximum absolute atomic E-state index is 13.3. The number of carboxylic acid groups (broad SMARTS) is 1. The van der Waals surface area contributed by atoms with Crippen molar-refractivity contribution in [1.29, 1.82) is 0 Å². The van der Waals surface area contributed by atoms with Gasteiger partial charge in [-0.1, -0.05) is 43.2 Å². The molecule has 1 amide bonds. The number of aromatic amines is 1. The van der Waals surface area contributed by atoms with Crippen LogP contribution in [0, 0.1) is 11.3 Å². The second kappa shape index (κ2) is 10.2. The summed E-state index contributed by atoms with van der Waals surface area (Å²) in [5.41, 5.74) is 2.10. The molecule has 0 saturated heterocycles. The van der Waals surface area contributed by atoms with E-state index in [0.717, 1.165) is 61.8 Å². The summed E-state index contributed by atoms with van der Waals surface area (Å²) in [5.74, 6) is 0.347. The molecule has 2 aliphatic carbocycles. The van der Waals surface area contributed by atoms with Gasteiger partial charge in [0, 0.05) is 45.2 Å². The fraction of sp³-hybridized carbons (Fsp3) is 0.393. The van der Waals surface area contributed by atoms with Gasteiger partial charge < -0.3 is 10.0 Å². The smallest absolute Gasteiger partial charge is 0.311 e. The highest BCUT2D eigenvalue weighted by atomic mass is 79.9. The van der Waals surface area contributed by atoms with Crippen LogP contribution >= 0.6 is 27.3 Å². The van der Waals surface area contributed by atoms with E-state index < -0.39 is 11.4 Å². The van der Waals surface area contributed by atoms with Crippen molar-refractivity contribution in [1.82, 2.24) is 25.5 Å². The molecule has 0 aliphatic heterocycles. The number of thiophene rings is 1. The summed E-state index contributed by atoms with van der Waals surface area (Å²) in [5, 5.41) is 25.6. The maximum Gasteiger partial charge on any atom is 0.311 e. The largest absolute Gasteiger partial charge is 0.481 e. The van der Waals surface area contributed by atoms with Crippen molar-refractivity contribution in [2.24, 2.45) is 11.3 Å². The van der Waals surface area contributed by atoms with E-state index in [4.69, 9.17) is 0 Å². The molecule has 0 atom stereocenters. The molecule has 4 aromatic rings. The van der Waals surface area contributed by atoms with Gasteiger partial charge in [0.2, 0.25) is 5.91 Å². The number of rotatable bonds is 9. The third-order valence-electron chi connectivity index (χ3n) is 7.86. The number of amides is 1. The summed E-state index contributed by atoms with van der Waals surface area (Å²) in [4.78, 5) is 28.5. The Morgan fingerprint density at radius 1 is 1.13 bits per heavy atom. The molecule has 2 saturated carbocycles. The van der Waals surface area contributed by atoms with Crippen LogP contribution in [0.2, 0.25) is 0 Å². The lowest BCUT2D eigenvalue weighted by atomic mass is 9.85. The first kappa shape index (κ1) is 25.2. The Balaban J connectivity index is 1.33. The number of halogens is 1. The zero-order valence-electron chi connectivity index (χ0n) is 20.8. The number of H-pyrrole nitrogens is 1. The first-order valence-electron chi connectivity index (χ1n) is 13.0. The van der Waals surface area contributed by atoms with Crippen LogP contribution in [0.25, 0.3) is 31.9 Å². The number of hydrogen-bond acceptors (Lipinski definition) is 6. The minimum Gasteiger partial charge on any atom is -0.481 e. The normalized spacial score (nSPS) is 16.7. The third kappa shape index (κ3) is 4.87. The Morgan fingerprint density at radius 2 is 1.89 bits per heavy atom. The molecule has 2 aromatic carbocycles. The molecule has 0 radical (unpaired) electrons. The fourth-order valence-electron chi connectivity index (χ4n) is 5.55. The molecular weight excluding hydrogens is 566 g/mol. The number of carboxylic acids is 1. The monoisotopic (exact) mass is 593 g/mol. The van der Waals surface area contributed by atoms with Gasteiger partial charge >= 0.3 is 5.97 Å². The van der Waals surface area contributed by atoms with Crippen LogP contribution in [-0.2, 0) is 16.1 Å². The van der Waals surface area contributed by atoms with Crippen molar-refractivity contribution in [2.45, 2.75) is 51.5 Å². The molecule has 0 unspecified atom stereocenters. The molecular formula is C28H28BrN5O3S. The van der Waals surface area contributed by atoms with Crippen LogP contribution in [0.5, 0.6) is 0 Å².